The molecule has 0 saturated carbocycles. The summed E-state index contributed by atoms with van der Waals surface area (Å²) in [6.45, 7) is 9.08. The Kier molecular flexibility index (Phi) is 5.64. The van der Waals surface area contributed by atoms with Crippen molar-refractivity contribution >= 4 is 11.6 Å². The average Bonchev–Trinajstić information content (AvgIpc) is 2.41. The molecule has 0 amide bonds. The fraction of sp³-hybridized carbons (Fsp3) is 0.600. The van der Waals surface area contributed by atoms with Crippen molar-refractivity contribution in [3.63, 3.8) is 0 Å². The standard InChI is InChI=1S/C15H24ClN3/c1-13(14-4-3-5-15(16)12-14)17-6-7-19-10-8-18(2)9-11-19/h3-5,12-13,17H,6-11H2,1-2H3/t13-/m0/s1. The first kappa shape index (κ1) is 14.8. The van der Waals surface area contributed by atoms with Crippen LogP contribution in [0.25, 0.3) is 0 Å². The molecule has 1 aromatic rings. The fourth-order valence-electron chi connectivity index (χ4n) is 2.40. The van der Waals surface area contributed by atoms with E-state index in [0.717, 1.165) is 18.1 Å². The van der Waals surface area contributed by atoms with Crippen LogP contribution in [0.15, 0.2) is 24.3 Å². The summed E-state index contributed by atoms with van der Waals surface area (Å²) in [6, 6.07) is 8.44. The van der Waals surface area contributed by atoms with E-state index in [1.54, 1.807) is 0 Å². The van der Waals surface area contributed by atoms with Crippen molar-refractivity contribution in [3.8, 4) is 0 Å². The van der Waals surface area contributed by atoms with Crippen LogP contribution in [0.3, 0.4) is 0 Å². The van der Waals surface area contributed by atoms with Gasteiger partial charge in [-0.15, -0.1) is 0 Å². The van der Waals surface area contributed by atoms with Crippen LogP contribution in [0.2, 0.25) is 5.02 Å². The zero-order valence-electron chi connectivity index (χ0n) is 11.9. The van der Waals surface area contributed by atoms with Crippen LogP contribution in [0.4, 0.5) is 0 Å². The number of hydrogen-bond donors (Lipinski definition) is 1. The van der Waals surface area contributed by atoms with Crippen molar-refractivity contribution in [1.82, 2.24) is 15.1 Å². The maximum Gasteiger partial charge on any atom is 0.0409 e. The Morgan fingerprint density at radius 3 is 2.68 bits per heavy atom. The first-order valence-corrected chi connectivity index (χ1v) is 7.42. The number of nitrogens with zero attached hydrogens (tertiary/aromatic N) is 2. The van der Waals surface area contributed by atoms with E-state index in [0.29, 0.717) is 6.04 Å². The molecule has 0 aromatic heterocycles. The van der Waals surface area contributed by atoms with Crippen LogP contribution in [0.1, 0.15) is 18.5 Å². The molecule has 1 heterocycles. The van der Waals surface area contributed by atoms with Gasteiger partial charge in [0.25, 0.3) is 0 Å². The van der Waals surface area contributed by atoms with Gasteiger partial charge in [0.05, 0.1) is 0 Å². The minimum atomic E-state index is 0.353. The summed E-state index contributed by atoms with van der Waals surface area (Å²) in [5.41, 5.74) is 1.26. The maximum absolute atomic E-state index is 6.02. The van der Waals surface area contributed by atoms with Crippen molar-refractivity contribution in [2.24, 2.45) is 0 Å². The van der Waals surface area contributed by atoms with E-state index >= 15 is 0 Å². The summed E-state index contributed by atoms with van der Waals surface area (Å²) in [5, 5.41) is 4.38. The quantitative estimate of drug-likeness (QED) is 0.893. The summed E-state index contributed by atoms with van der Waals surface area (Å²) in [5.74, 6) is 0. The lowest BCUT2D eigenvalue weighted by molar-refractivity contribution is 0.154. The van der Waals surface area contributed by atoms with Crippen molar-refractivity contribution < 1.29 is 0 Å². The molecule has 19 heavy (non-hydrogen) atoms. The van der Waals surface area contributed by atoms with Gasteiger partial charge in [-0.05, 0) is 31.7 Å². The van der Waals surface area contributed by atoms with E-state index < -0.39 is 0 Å². The number of piperazine rings is 1. The predicted molar refractivity (Wildman–Crippen MR) is 81.8 cm³/mol. The molecule has 1 aliphatic heterocycles. The molecule has 106 valence electrons. The number of likely N-dealkylation sites (N-methyl/N-ethyl adjacent to an activating group) is 1. The Hall–Kier alpha value is -0.610. The van der Waals surface area contributed by atoms with Gasteiger partial charge in [-0.2, -0.15) is 0 Å². The van der Waals surface area contributed by atoms with Crippen molar-refractivity contribution in [3.05, 3.63) is 34.9 Å². The maximum atomic E-state index is 6.02. The summed E-state index contributed by atoms with van der Waals surface area (Å²) in [7, 11) is 2.19. The van der Waals surface area contributed by atoms with Gasteiger partial charge in [-0.3, -0.25) is 4.90 Å². The van der Waals surface area contributed by atoms with Gasteiger partial charge < -0.3 is 10.2 Å². The number of benzene rings is 1. The smallest absolute Gasteiger partial charge is 0.0409 e. The lowest BCUT2D eigenvalue weighted by Gasteiger charge is -2.32. The highest BCUT2D eigenvalue weighted by Crippen LogP contribution is 2.17. The van der Waals surface area contributed by atoms with Crippen molar-refractivity contribution in [2.45, 2.75) is 13.0 Å². The largest absolute Gasteiger partial charge is 0.309 e. The summed E-state index contributed by atoms with van der Waals surface area (Å²) >= 11 is 6.02. The van der Waals surface area contributed by atoms with Gasteiger partial charge in [-0.1, -0.05) is 23.7 Å². The van der Waals surface area contributed by atoms with Gasteiger partial charge in [0, 0.05) is 50.3 Å². The molecule has 0 bridgehead atoms. The zero-order valence-corrected chi connectivity index (χ0v) is 12.7. The molecule has 0 unspecified atom stereocenters. The SMILES string of the molecule is C[C@H](NCCN1CCN(C)CC1)c1cccc(Cl)c1. The second kappa shape index (κ2) is 7.25. The van der Waals surface area contributed by atoms with Crippen LogP contribution >= 0.6 is 11.6 Å². The first-order valence-electron chi connectivity index (χ1n) is 7.05. The first-order chi connectivity index (χ1) is 9.15. The Labute approximate surface area is 121 Å². The number of rotatable bonds is 5. The van der Waals surface area contributed by atoms with Gasteiger partial charge in [0.2, 0.25) is 0 Å². The molecule has 1 N–H and O–H groups in total. The minimum absolute atomic E-state index is 0.353. The minimum Gasteiger partial charge on any atom is -0.309 e. The van der Waals surface area contributed by atoms with Gasteiger partial charge in [0.1, 0.15) is 0 Å². The number of nitrogens with one attached hydrogen (secondary N) is 1. The third-order valence-corrected chi connectivity index (χ3v) is 4.06. The number of halogens is 1. The van der Waals surface area contributed by atoms with Gasteiger partial charge in [0.15, 0.2) is 0 Å². The van der Waals surface area contributed by atoms with Gasteiger partial charge in [-0.25, -0.2) is 0 Å². The average molecular weight is 282 g/mol. The second-order valence-corrected chi connectivity index (χ2v) is 5.81. The molecule has 3 nitrogen and oxygen atoms in total. The zero-order chi connectivity index (χ0) is 13.7. The lowest BCUT2D eigenvalue weighted by atomic mass is 10.1. The third kappa shape index (κ3) is 4.77. The van der Waals surface area contributed by atoms with E-state index in [2.05, 4.69) is 35.2 Å². The second-order valence-electron chi connectivity index (χ2n) is 5.38. The van der Waals surface area contributed by atoms with Crippen LogP contribution in [0, 0.1) is 0 Å². The summed E-state index contributed by atoms with van der Waals surface area (Å²) < 4.78 is 0. The number of hydrogen-bond acceptors (Lipinski definition) is 3. The predicted octanol–water partition coefficient (Wildman–Crippen LogP) is 2.24. The monoisotopic (exact) mass is 281 g/mol. The van der Waals surface area contributed by atoms with E-state index in [9.17, 15) is 0 Å². The van der Waals surface area contributed by atoms with Crippen molar-refractivity contribution in [1.29, 1.82) is 0 Å². The molecule has 0 spiro atoms. The molecule has 1 atom stereocenters. The van der Waals surface area contributed by atoms with Crippen LogP contribution in [0.5, 0.6) is 0 Å². The molecule has 1 fully saturated rings. The van der Waals surface area contributed by atoms with Crippen LogP contribution in [-0.4, -0.2) is 56.1 Å². The van der Waals surface area contributed by atoms with Crippen LogP contribution in [-0.2, 0) is 0 Å². The van der Waals surface area contributed by atoms with Gasteiger partial charge >= 0.3 is 0 Å². The topological polar surface area (TPSA) is 18.5 Å². The highest BCUT2D eigenvalue weighted by molar-refractivity contribution is 6.30. The fourth-order valence-corrected chi connectivity index (χ4v) is 2.60. The molecule has 1 aromatic carbocycles. The summed E-state index contributed by atoms with van der Waals surface area (Å²) in [6.07, 6.45) is 0. The van der Waals surface area contributed by atoms with Crippen LogP contribution < -0.4 is 5.32 Å². The van der Waals surface area contributed by atoms with Crippen molar-refractivity contribution in [2.75, 3.05) is 46.3 Å². The Balaban J connectivity index is 1.70. The van der Waals surface area contributed by atoms with E-state index in [4.69, 9.17) is 11.6 Å². The van der Waals surface area contributed by atoms with E-state index in [1.165, 1.54) is 31.7 Å². The molecule has 1 saturated heterocycles. The summed E-state index contributed by atoms with van der Waals surface area (Å²) in [4.78, 5) is 4.91. The molecule has 1 aliphatic rings. The third-order valence-electron chi connectivity index (χ3n) is 3.82. The molecule has 4 heteroatoms. The molecular formula is C15H24ClN3. The highest BCUT2D eigenvalue weighted by atomic mass is 35.5. The molecule has 2 rings (SSSR count). The normalized spacial score (nSPS) is 19.5. The molecule has 0 aliphatic carbocycles. The lowest BCUT2D eigenvalue weighted by Crippen LogP contribution is -2.46. The van der Waals surface area contributed by atoms with E-state index in [-0.39, 0.29) is 0 Å². The Morgan fingerprint density at radius 1 is 1.26 bits per heavy atom. The molecular weight excluding hydrogens is 258 g/mol. The Morgan fingerprint density at radius 2 is 2.00 bits per heavy atom. The highest BCUT2D eigenvalue weighted by Gasteiger charge is 2.13. The molecule has 0 radical (unpaired) electrons. The van der Waals surface area contributed by atoms with E-state index in [1.807, 2.05) is 18.2 Å². The Bertz CT molecular complexity index is 389.